The summed E-state index contributed by atoms with van der Waals surface area (Å²) in [4.78, 5) is 14.0. The number of benzene rings is 1. The van der Waals surface area contributed by atoms with Gasteiger partial charge in [0.1, 0.15) is 23.8 Å². The number of ether oxygens (including phenoxy) is 3. The molecule has 2 aliphatic heterocycles. The summed E-state index contributed by atoms with van der Waals surface area (Å²) in [6, 6.07) is 9.78. The lowest BCUT2D eigenvalue weighted by atomic mass is 10.1. The van der Waals surface area contributed by atoms with Gasteiger partial charge in [0.15, 0.2) is 0 Å². The van der Waals surface area contributed by atoms with E-state index < -0.39 is 0 Å². The van der Waals surface area contributed by atoms with Crippen molar-refractivity contribution in [2.45, 2.75) is 25.6 Å². The molecule has 0 radical (unpaired) electrons. The Bertz CT molecular complexity index is 700. The average molecular weight is 316 g/mol. The maximum absolute atomic E-state index is 12.2. The van der Waals surface area contributed by atoms with Gasteiger partial charge in [-0.1, -0.05) is 12.1 Å². The normalized spacial score (nSPS) is 19.2. The predicted octanol–water partition coefficient (Wildman–Crippen LogP) is 3.64. The largest absolute Gasteiger partial charge is 0.488 e. The van der Waals surface area contributed by atoms with E-state index in [1.807, 2.05) is 30.3 Å². The van der Waals surface area contributed by atoms with Crippen LogP contribution in [-0.4, -0.2) is 25.3 Å². The molecular weight excluding hydrogens is 300 g/mol. The Kier molecular flexibility index (Phi) is 3.60. The molecule has 1 aromatic heterocycles. The second kappa shape index (κ2) is 5.74. The van der Waals surface area contributed by atoms with Crippen LogP contribution in [0, 0.1) is 0 Å². The zero-order chi connectivity index (χ0) is 14.9. The number of thiophene rings is 1. The van der Waals surface area contributed by atoms with E-state index in [9.17, 15) is 4.79 Å². The van der Waals surface area contributed by atoms with E-state index in [0.717, 1.165) is 41.2 Å². The molecule has 0 N–H and O–H groups in total. The van der Waals surface area contributed by atoms with Crippen molar-refractivity contribution in [1.82, 2.24) is 0 Å². The van der Waals surface area contributed by atoms with Crippen LogP contribution in [0.2, 0.25) is 0 Å². The molecule has 1 aromatic carbocycles. The summed E-state index contributed by atoms with van der Waals surface area (Å²) in [5.74, 6) is 0.600. The number of carbonyl (C=O) groups is 1. The van der Waals surface area contributed by atoms with E-state index in [1.165, 1.54) is 11.3 Å². The summed E-state index contributed by atoms with van der Waals surface area (Å²) in [7, 11) is 0. The molecule has 1 fully saturated rings. The van der Waals surface area contributed by atoms with Crippen molar-refractivity contribution in [2.75, 3.05) is 13.2 Å². The van der Waals surface area contributed by atoms with E-state index >= 15 is 0 Å². The Balaban J connectivity index is 1.52. The quantitative estimate of drug-likeness (QED) is 0.811. The van der Waals surface area contributed by atoms with E-state index in [4.69, 9.17) is 14.2 Å². The van der Waals surface area contributed by atoms with E-state index in [2.05, 4.69) is 0 Å². The van der Waals surface area contributed by atoms with Gasteiger partial charge in [-0.2, -0.15) is 0 Å². The molecule has 4 rings (SSSR count). The molecule has 1 unspecified atom stereocenters. The van der Waals surface area contributed by atoms with Crippen LogP contribution in [0.5, 0.6) is 5.75 Å². The number of hydrogen-bond donors (Lipinski definition) is 0. The number of carbonyl (C=O) groups excluding carboxylic acids is 1. The maximum Gasteiger partial charge on any atom is 0.348 e. The Morgan fingerprint density at radius 2 is 2.27 bits per heavy atom. The third kappa shape index (κ3) is 2.51. The van der Waals surface area contributed by atoms with Crippen molar-refractivity contribution >= 4 is 17.3 Å². The van der Waals surface area contributed by atoms with Gasteiger partial charge in [0, 0.05) is 22.6 Å². The second-order valence-electron chi connectivity index (χ2n) is 5.48. The lowest BCUT2D eigenvalue weighted by Crippen LogP contribution is -2.17. The van der Waals surface area contributed by atoms with Gasteiger partial charge in [-0.3, -0.25) is 0 Å². The first-order valence-electron chi connectivity index (χ1n) is 7.45. The minimum absolute atomic E-state index is 0.0580. The molecule has 1 saturated heterocycles. The fourth-order valence-corrected chi connectivity index (χ4v) is 3.91. The number of para-hydroxylation sites is 1. The molecule has 5 heteroatoms. The van der Waals surface area contributed by atoms with Crippen LogP contribution < -0.4 is 4.74 Å². The zero-order valence-corrected chi connectivity index (χ0v) is 12.9. The molecule has 0 saturated carbocycles. The summed E-state index contributed by atoms with van der Waals surface area (Å²) in [6.07, 6.45) is 2.07. The highest BCUT2D eigenvalue weighted by Gasteiger charge is 2.24. The van der Waals surface area contributed by atoms with Crippen molar-refractivity contribution in [3.05, 3.63) is 40.8 Å². The molecule has 3 heterocycles. The van der Waals surface area contributed by atoms with Crippen molar-refractivity contribution in [1.29, 1.82) is 0 Å². The molecule has 1 atom stereocenters. The van der Waals surface area contributed by atoms with E-state index in [0.29, 0.717) is 18.1 Å². The van der Waals surface area contributed by atoms with Crippen LogP contribution in [-0.2, 0) is 16.1 Å². The first-order valence-corrected chi connectivity index (χ1v) is 8.26. The lowest BCUT2D eigenvalue weighted by molar-refractivity contribution is 0.0165. The smallest absolute Gasteiger partial charge is 0.348 e. The summed E-state index contributed by atoms with van der Waals surface area (Å²) in [6.45, 7) is 1.61. The van der Waals surface area contributed by atoms with Gasteiger partial charge in [0.2, 0.25) is 0 Å². The van der Waals surface area contributed by atoms with Crippen LogP contribution in [0.1, 0.15) is 28.1 Å². The molecule has 0 aliphatic carbocycles. The van der Waals surface area contributed by atoms with E-state index in [1.54, 1.807) is 0 Å². The minimum atomic E-state index is -0.271. The van der Waals surface area contributed by atoms with Crippen molar-refractivity contribution in [2.24, 2.45) is 0 Å². The molecule has 2 aromatic rings. The number of fused-ring (bicyclic) bond motifs is 3. The van der Waals surface area contributed by atoms with Gasteiger partial charge >= 0.3 is 5.97 Å². The SMILES string of the molecule is O=C(OCC1CCCO1)c1cc2c(s1)-c1ccccc1OC2. The topological polar surface area (TPSA) is 44.8 Å². The fraction of sp³-hybridized carbons (Fsp3) is 0.353. The highest BCUT2D eigenvalue weighted by atomic mass is 32.1. The fourth-order valence-electron chi connectivity index (χ4n) is 2.82. The lowest BCUT2D eigenvalue weighted by Gasteiger charge is -2.16. The summed E-state index contributed by atoms with van der Waals surface area (Å²) >= 11 is 1.47. The number of rotatable bonds is 3. The van der Waals surface area contributed by atoms with Crippen LogP contribution in [0.25, 0.3) is 10.4 Å². The van der Waals surface area contributed by atoms with E-state index in [-0.39, 0.29) is 12.1 Å². The molecule has 0 bridgehead atoms. The molecular formula is C17H16O4S. The van der Waals surface area contributed by atoms with Crippen LogP contribution >= 0.6 is 11.3 Å². The van der Waals surface area contributed by atoms with Crippen molar-refractivity contribution < 1.29 is 19.0 Å². The number of esters is 1. The van der Waals surface area contributed by atoms with Crippen LogP contribution in [0.3, 0.4) is 0 Å². The first-order chi connectivity index (χ1) is 10.8. The summed E-state index contributed by atoms with van der Waals surface area (Å²) in [5.41, 5.74) is 2.10. The Morgan fingerprint density at radius 1 is 1.36 bits per heavy atom. The van der Waals surface area contributed by atoms with Crippen molar-refractivity contribution in [3.63, 3.8) is 0 Å². The van der Waals surface area contributed by atoms with Gasteiger partial charge in [-0.25, -0.2) is 4.79 Å². The molecule has 2 aliphatic rings. The zero-order valence-electron chi connectivity index (χ0n) is 12.0. The Labute approximate surface area is 132 Å². The Morgan fingerprint density at radius 3 is 3.14 bits per heavy atom. The van der Waals surface area contributed by atoms with Crippen LogP contribution in [0.15, 0.2) is 30.3 Å². The van der Waals surface area contributed by atoms with Gasteiger partial charge < -0.3 is 14.2 Å². The van der Waals surface area contributed by atoms with Crippen molar-refractivity contribution in [3.8, 4) is 16.2 Å². The number of hydrogen-bond acceptors (Lipinski definition) is 5. The average Bonchev–Trinajstić information content (AvgIpc) is 3.21. The minimum Gasteiger partial charge on any atom is -0.488 e. The summed E-state index contributed by atoms with van der Waals surface area (Å²) in [5, 5.41) is 0. The molecule has 22 heavy (non-hydrogen) atoms. The van der Waals surface area contributed by atoms with Gasteiger partial charge in [-0.15, -0.1) is 11.3 Å². The molecule has 114 valence electrons. The van der Waals surface area contributed by atoms with Gasteiger partial charge in [0.25, 0.3) is 0 Å². The third-order valence-corrected chi connectivity index (χ3v) is 5.14. The molecule has 0 spiro atoms. The predicted molar refractivity (Wildman–Crippen MR) is 83.3 cm³/mol. The highest BCUT2D eigenvalue weighted by Crippen LogP contribution is 2.42. The van der Waals surface area contributed by atoms with Gasteiger partial charge in [0.05, 0.1) is 6.10 Å². The third-order valence-electron chi connectivity index (χ3n) is 3.95. The summed E-state index contributed by atoms with van der Waals surface area (Å²) < 4.78 is 16.6. The van der Waals surface area contributed by atoms with Gasteiger partial charge in [-0.05, 0) is 31.0 Å². The first kappa shape index (κ1) is 13.8. The Hall–Kier alpha value is -1.85. The molecule has 4 nitrogen and oxygen atoms in total. The van der Waals surface area contributed by atoms with Crippen LogP contribution in [0.4, 0.5) is 0 Å². The standard InChI is InChI=1S/C17H16O4S/c18-17(21-10-12-4-3-7-19-12)15-8-11-9-20-14-6-2-1-5-13(14)16(11)22-15/h1-2,5-6,8,12H,3-4,7,9-10H2. The molecule has 0 amide bonds. The monoisotopic (exact) mass is 316 g/mol. The second-order valence-corrected chi connectivity index (χ2v) is 6.54. The maximum atomic E-state index is 12.2. The highest BCUT2D eigenvalue weighted by molar-refractivity contribution is 7.17.